The summed E-state index contributed by atoms with van der Waals surface area (Å²) in [6.45, 7) is 10.0. The summed E-state index contributed by atoms with van der Waals surface area (Å²) in [5.41, 5.74) is 1.66. The van der Waals surface area contributed by atoms with Crippen LogP contribution in [0.15, 0.2) is 24.5 Å². The highest BCUT2D eigenvalue weighted by atomic mass is 14.9. The van der Waals surface area contributed by atoms with E-state index in [0.717, 1.165) is 6.54 Å². The number of hydrogen-bond acceptors (Lipinski definition) is 2. The molecule has 0 spiro atoms. The van der Waals surface area contributed by atoms with Crippen LogP contribution in [0, 0.1) is 5.41 Å². The summed E-state index contributed by atoms with van der Waals surface area (Å²) >= 11 is 0. The normalized spacial score (nSPS) is 13.9. The minimum atomic E-state index is 0.390. The van der Waals surface area contributed by atoms with Crippen LogP contribution < -0.4 is 5.32 Å². The van der Waals surface area contributed by atoms with Gasteiger partial charge in [0, 0.05) is 18.4 Å². The molecule has 0 aromatic carbocycles. The van der Waals surface area contributed by atoms with Gasteiger partial charge in [0.15, 0.2) is 0 Å². The first-order valence-corrected chi connectivity index (χ1v) is 5.62. The number of pyridine rings is 1. The maximum atomic E-state index is 4.12. The van der Waals surface area contributed by atoms with Gasteiger partial charge >= 0.3 is 0 Å². The third-order valence-electron chi connectivity index (χ3n) is 2.51. The van der Waals surface area contributed by atoms with Crippen molar-refractivity contribution in [3.05, 3.63) is 30.1 Å². The van der Waals surface area contributed by atoms with E-state index in [0.29, 0.717) is 11.5 Å². The summed E-state index contributed by atoms with van der Waals surface area (Å²) in [6.07, 6.45) is 4.93. The number of hydrogen-bond donors (Lipinski definition) is 1. The highest BCUT2D eigenvalue weighted by molar-refractivity contribution is 5.12. The van der Waals surface area contributed by atoms with Gasteiger partial charge in [-0.1, -0.05) is 26.8 Å². The molecule has 1 aromatic heterocycles. The van der Waals surface area contributed by atoms with Gasteiger partial charge in [-0.15, -0.1) is 0 Å². The van der Waals surface area contributed by atoms with Crippen LogP contribution in [0.2, 0.25) is 0 Å². The highest BCUT2D eigenvalue weighted by Crippen LogP contribution is 2.18. The Morgan fingerprint density at radius 3 is 2.67 bits per heavy atom. The highest BCUT2D eigenvalue weighted by Gasteiger charge is 2.10. The maximum Gasteiger partial charge on any atom is 0.0315 e. The summed E-state index contributed by atoms with van der Waals surface area (Å²) in [4.78, 5) is 4.12. The van der Waals surface area contributed by atoms with Crippen molar-refractivity contribution in [1.29, 1.82) is 0 Å². The molecule has 0 aliphatic rings. The van der Waals surface area contributed by atoms with Gasteiger partial charge in [-0.2, -0.15) is 0 Å². The number of nitrogens with one attached hydrogen (secondary N) is 1. The average Bonchev–Trinajstić information content (AvgIpc) is 2.17. The Balaban J connectivity index is 2.34. The van der Waals surface area contributed by atoms with Crippen LogP contribution in [0.5, 0.6) is 0 Å². The van der Waals surface area contributed by atoms with Gasteiger partial charge in [0.1, 0.15) is 0 Å². The minimum absolute atomic E-state index is 0.390. The van der Waals surface area contributed by atoms with E-state index in [9.17, 15) is 0 Å². The first-order chi connectivity index (χ1) is 6.99. The Morgan fingerprint density at radius 2 is 2.13 bits per heavy atom. The zero-order valence-corrected chi connectivity index (χ0v) is 10.2. The molecular formula is C13H22N2. The van der Waals surface area contributed by atoms with Crippen molar-refractivity contribution in [3.63, 3.8) is 0 Å². The molecule has 2 nitrogen and oxygen atoms in total. The first kappa shape index (κ1) is 12.2. The van der Waals surface area contributed by atoms with Crippen LogP contribution in [-0.2, 0) is 0 Å². The SMILES string of the molecule is C[C@@H](NCCC(C)(C)C)c1cccnc1. The minimum Gasteiger partial charge on any atom is -0.310 e. The molecular weight excluding hydrogens is 184 g/mol. The fraction of sp³-hybridized carbons (Fsp3) is 0.615. The Kier molecular flexibility index (Phi) is 4.28. The van der Waals surface area contributed by atoms with E-state index >= 15 is 0 Å². The van der Waals surface area contributed by atoms with E-state index in [1.54, 1.807) is 0 Å². The predicted molar refractivity (Wildman–Crippen MR) is 64.7 cm³/mol. The second kappa shape index (κ2) is 5.26. The third kappa shape index (κ3) is 4.93. The molecule has 0 unspecified atom stereocenters. The number of nitrogens with zero attached hydrogens (tertiary/aromatic N) is 1. The van der Waals surface area contributed by atoms with Crippen molar-refractivity contribution < 1.29 is 0 Å². The fourth-order valence-electron chi connectivity index (χ4n) is 1.41. The van der Waals surface area contributed by atoms with E-state index in [2.05, 4.69) is 44.1 Å². The quantitative estimate of drug-likeness (QED) is 0.818. The molecule has 0 radical (unpaired) electrons. The van der Waals surface area contributed by atoms with Crippen LogP contribution >= 0.6 is 0 Å². The van der Waals surface area contributed by atoms with Crippen molar-refractivity contribution in [1.82, 2.24) is 10.3 Å². The monoisotopic (exact) mass is 206 g/mol. The fourth-order valence-corrected chi connectivity index (χ4v) is 1.41. The average molecular weight is 206 g/mol. The zero-order valence-electron chi connectivity index (χ0n) is 10.2. The molecule has 0 aliphatic heterocycles. The molecule has 1 N–H and O–H groups in total. The molecule has 0 bridgehead atoms. The van der Waals surface area contributed by atoms with Gasteiger partial charge in [0.2, 0.25) is 0 Å². The molecule has 0 saturated heterocycles. The van der Waals surface area contributed by atoms with E-state index in [4.69, 9.17) is 0 Å². The lowest BCUT2D eigenvalue weighted by atomic mass is 9.92. The lowest BCUT2D eigenvalue weighted by Gasteiger charge is -2.20. The molecule has 0 amide bonds. The van der Waals surface area contributed by atoms with Crippen LogP contribution in [0.3, 0.4) is 0 Å². The van der Waals surface area contributed by atoms with Gasteiger partial charge in [0.25, 0.3) is 0 Å². The maximum absolute atomic E-state index is 4.12. The molecule has 1 aromatic rings. The molecule has 1 heterocycles. The van der Waals surface area contributed by atoms with Crippen LogP contribution in [0.1, 0.15) is 45.7 Å². The predicted octanol–water partition coefficient (Wildman–Crippen LogP) is 3.17. The van der Waals surface area contributed by atoms with Crippen molar-refractivity contribution in [2.45, 2.75) is 40.2 Å². The third-order valence-corrected chi connectivity index (χ3v) is 2.51. The second-order valence-electron chi connectivity index (χ2n) is 5.27. The standard InChI is InChI=1S/C13H22N2/c1-11(12-6-5-8-14-10-12)15-9-7-13(2,3)4/h5-6,8,10-11,15H,7,9H2,1-4H3/t11-/m1/s1. The molecule has 0 aliphatic carbocycles. The molecule has 1 atom stereocenters. The summed E-state index contributed by atoms with van der Waals surface area (Å²) < 4.78 is 0. The Labute approximate surface area is 93.1 Å². The zero-order chi connectivity index (χ0) is 11.3. The van der Waals surface area contributed by atoms with Crippen molar-refractivity contribution in [3.8, 4) is 0 Å². The largest absolute Gasteiger partial charge is 0.310 e. The molecule has 84 valence electrons. The van der Waals surface area contributed by atoms with Crippen molar-refractivity contribution in [2.24, 2.45) is 5.41 Å². The van der Waals surface area contributed by atoms with E-state index in [1.807, 2.05) is 18.5 Å². The van der Waals surface area contributed by atoms with Gasteiger partial charge in [-0.25, -0.2) is 0 Å². The van der Waals surface area contributed by atoms with Gasteiger partial charge in [-0.05, 0) is 36.9 Å². The van der Waals surface area contributed by atoms with E-state index in [1.165, 1.54) is 12.0 Å². The Morgan fingerprint density at radius 1 is 1.40 bits per heavy atom. The lowest BCUT2D eigenvalue weighted by Crippen LogP contribution is -2.23. The van der Waals surface area contributed by atoms with Gasteiger partial charge in [-0.3, -0.25) is 4.98 Å². The van der Waals surface area contributed by atoms with Crippen molar-refractivity contribution >= 4 is 0 Å². The molecule has 0 saturated carbocycles. The van der Waals surface area contributed by atoms with Gasteiger partial charge < -0.3 is 5.32 Å². The number of rotatable bonds is 4. The first-order valence-electron chi connectivity index (χ1n) is 5.62. The van der Waals surface area contributed by atoms with E-state index in [-0.39, 0.29) is 0 Å². The summed E-state index contributed by atoms with van der Waals surface area (Å²) in [7, 11) is 0. The number of aromatic nitrogens is 1. The second-order valence-corrected chi connectivity index (χ2v) is 5.27. The lowest BCUT2D eigenvalue weighted by molar-refractivity contribution is 0.358. The smallest absolute Gasteiger partial charge is 0.0315 e. The molecule has 2 heteroatoms. The summed E-state index contributed by atoms with van der Waals surface area (Å²) in [5.74, 6) is 0. The van der Waals surface area contributed by atoms with Crippen LogP contribution in [0.25, 0.3) is 0 Å². The molecule has 0 fully saturated rings. The van der Waals surface area contributed by atoms with Crippen LogP contribution in [0.4, 0.5) is 0 Å². The Bertz CT molecular complexity index is 274. The molecule has 1 rings (SSSR count). The Hall–Kier alpha value is -0.890. The van der Waals surface area contributed by atoms with Crippen LogP contribution in [-0.4, -0.2) is 11.5 Å². The molecule has 15 heavy (non-hydrogen) atoms. The van der Waals surface area contributed by atoms with Crippen molar-refractivity contribution in [2.75, 3.05) is 6.54 Å². The summed E-state index contributed by atoms with van der Waals surface area (Å²) in [5, 5.41) is 3.52. The topological polar surface area (TPSA) is 24.9 Å². The van der Waals surface area contributed by atoms with Gasteiger partial charge in [0.05, 0.1) is 0 Å². The summed E-state index contributed by atoms with van der Waals surface area (Å²) in [6, 6.07) is 4.49. The van der Waals surface area contributed by atoms with E-state index < -0.39 is 0 Å².